The minimum Gasteiger partial charge on any atom is -0.508 e. The number of phosphoric ester groups is 1. The molecular formula is C16H13O9P. The molecule has 0 fully saturated rings. The lowest BCUT2D eigenvalue weighted by Crippen LogP contribution is -2.03. The molecule has 0 saturated carbocycles. The van der Waals surface area contributed by atoms with Gasteiger partial charge in [-0.05, 0) is 18.6 Å². The molecule has 0 aliphatic carbocycles. The zero-order valence-electron chi connectivity index (χ0n) is 13.2. The van der Waals surface area contributed by atoms with Crippen molar-refractivity contribution in [2.45, 2.75) is 6.92 Å². The molecule has 3 rings (SSSR count). The van der Waals surface area contributed by atoms with Gasteiger partial charge >= 0.3 is 7.82 Å². The van der Waals surface area contributed by atoms with E-state index in [-0.39, 0.29) is 33.8 Å². The molecule has 0 spiro atoms. The van der Waals surface area contributed by atoms with Crippen LogP contribution in [0.2, 0.25) is 0 Å². The number of phenols is 2. The van der Waals surface area contributed by atoms with Crippen molar-refractivity contribution < 1.29 is 38.6 Å². The number of aryl methyl sites for hydroxylation is 1. The summed E-state index contributed by atoms with van der Waals surface area (Å²) in [6.45, 7) is 1.54. The lowest BCUT2D eigenvalue weighted by molar-refractivity contribution is 0.282. The number of benzene rings is 2. The molecule has 5 N–H and O–H groups in total. The highest BCUT2D eigenvalue weighted by molar-refractivity contribution is 7.46. The van der Waals surface area contributed by atoms with Crippen LogP contribution in [0.1, 0.15) is 5.56 Å². The molecule has 0 amide bonds. The summed E-state index contributed by atoms with van der Waals surface area (Å²) in [5.74, 6) is -2.22. The molecule has 1 heterocycles. The van der Waals surface area contributed by atoms with Gasteiger partial charge in [0.1, 0.15) is 28.2 Å². The molecule has 0 bridgehead atoms. The largest absolute Gasteiger partial charge is 0.524 e. The van der Waals surface area contributed by atoms with E-state index in [9.17, 15) is 24.7 Å². The average Bonchev–Trinajstić information content (AvgIpc) is 2.51. The van der Waals surface area contributed by atoms with Crippen molar-refractivity contribution in [2.24, 2.45) is 0 Å². The van der Waals surface area contributed by atoms with Crippen LogP contribution < -0.4 is 9.95 Å². The van der Waals surface area contributed by atoms with Crippen LogP contribution in [-0.4, -0.2) is 25.1 Å². The van der Waals surface area contributed by atoms with Crippen molar-refractivity contribution in [2.75, 3.05) is 0 Å². The van der Waals surface area contributed by atoms with E-state index >= 15 is 0 Å². The molecule has 9 nitrogen and oxygen atoms in total. The molecule has 10 heteroatoms. The van der Waals surface area contributed by atoms with Crippen molar-refractivity contribution in [3.8, 4) is 34.3 Å². The fourth-order valence-corrected chi connectivity index (χ4v) is 2.89. The molecule has 136 valence electrons. The standard InChI is InChI=1S/C16H13O9P/c1-7-2-3-8(4-11(7)25-26(21,22)23)16-15(20)14(19)13-10(18)5-9(17)6-12(13)24-16/h2-6,17-18,20H,1H3,(H2,21,22,23). The molecule has 2 aromatic carbocycles. The third-order valence-electron chi connectivity index (χ3n) is 3.60. The van der Waals surface area contributed by atoms with Crippen LogP contribution in [0.3, 0.4) is 0 Å². The van der Waals surface area contributed by atoms with Crippen LogP contribution in [-0.2, 0) is 4.57 Å². The van der Waals surface area contributed by atoms with E-state index in [2.05, 4.69) is 4.52 Å². The summed E-state index contributed by atoms with van der Waals surface area (Å²) in [5.41, 5.74) is -0.622. The van der Waals surface area contributed by atoms with Gasteiger partial charge in [-0.2, -0.15) is 0 Å². The fourth-order valence-electron chi connectivity index (χ4n) is 2.44. The van der Waals surface area contributed by atoms with E-state index in [1.54, 1.807) is 6.92 Å². The predicted molar refractivity (Wildman–Crippen MR) is 90.3 cm³/mol. The lowest BCUT2D eigenvalue weighted by Gasteiger charge is -2.12. The Bertz CT molecular complexity index is 1130. The first kappa shape index (κ1) is 17.8. The Morgan fingerprint density at radius 1 is 1.08 bits per heavy atom. The molecule has 3 aromatic rings. The second-order valence-corrected chi connectivity index (χ2v) is 6.67. The highest BCUT2D eigenvalue weighted by Crippen LogP contribution is 2.42. The Kier molecular flexibility index (Phi) is 4.15. The maximum absolute atomic E-state index is 12.3. The molecule has 0 aliphatic rings. The van der Waals surface area contributed by atoms with Gasteiger partial charge in [0.25, 0.3) is 0 Å². The molecule has 0 atom stereocenters. The number of phenolic OH excluding ortho intramolecular Hbond substituents is 2. The molecular weight excluding hydrogens is 367 g/mol. The van der Waals surface area contributed by atoms with Gasteiger partial charge in [0.2, 0.25) is 11.2 Å². The van der Waals surface area contributed by atoms with Crippen LogP contribution in [0.25, 0.3) is 22.3 Å². The Balaban J connectivity index is 2.26. The average molecular weight is 380 g/mol. The number of hydrogen-bond acceptors (Lipinski definition) is 7. The van der Waals surface area contributed by atoms with Gasteiger partial charge in [-0.3, -0.25) is 14.6 Å². The van der Waals surface area contributed by atoms with Crippen molar-refractivity contribution in [1.82, 2.24) is 0 Å². The van der Waals surface area contributed by atoms with Crippen molar-refractivity contribution in [3.05, 3.63) is 46.1 Å². The third kappa shape index (κ3) is 3.23. The van der Waals surface area contributed by atoms with E-state index < -0.39 is 24.8 Å². The Labute approximate surface area is 145 Å². The minimum absolute atomic E-state index is 0.0957. The molecule has 0 saturated heterocycles. The van der Waals surface area contributed by atoms with Crippen LogP contribution >= 0.6 is 7.82 Å². The summed E-state index contributed by atoms with van der Waals surface area (Å²) in [4.78, 5) is 30.3. The van der Waals surface area contributed by atoms with Gasteiger partial charge in [0.15, 0.2) is 5.76 Å². The fraction of sp³-hybridized carbons (Fsp3) is 0.0625. The smallest absolute Gasteiger partial charge is 0.508 e. The van der Waals surface area contributed by atoms with Gasteiger partial charge in [-0.25, -0.2) is 4.57 Å². The van der Waals surface area contributed by atoms with Crippen LogP contribution in [0, 0.1) is 6.92 Å². The SMILES string of the molecule is Cc1ccc(-c2oc3cc(O)cc(O)c3c(=O)c2O)cc1OP(=O)(O)O. The van der Waals surface area contributed by atoms with Crippen LogP contribution in [0.4, 0.5) is 0 Å². The second kappa shape index (κ2) is 6.06. The van der Waals surface area contributed by atoms with E-state index in [1.165, 1.54) is 18.2 Å². The monoisotopic (exact) mass is 380 g/mol. The second-order valence-electron chi connectivity index (χ2n) is 5.51. The summed E-state index contributed by atoms with van der Waals surface area (Å²) >= 11 is 0. The Morgan fingerprint density at radius 2 is 1.77 bits per heavy atom. The first-order valence-electron chi connectivity index (χ1n) is 7.15. The van der Waals surface area contributed by atoms with Gasteiger partial charge in [-0.15, -0.1) is 0 Å². The van der Waals surface area contributed by atoms with Crippen molar-refractivity contribution in [3.63, 3.8) is 0 Å². The Hall–Kier alpha value is -3.00. The van der Waals surface area contributed by atoms with Gasteiger partial charge in [0, 0.05) is 17.7 Å². The highest BCUT2D eigenvalue weighted by Gasteiger charge is 2.21. The van der Waals surface area contributed by atoms with Gasteiger partial charge < -0.3 is 24.3 Å². The van der Waals surface area contributed by atoms with Gasteiger partial charge in [-0.1, -0.05) is 12.1 Å². The van der Waals surface area contributed by atoms with Crippen LogP contribution in [0.5, 0.6) is 23.0 Å². The Morgan fingerprint density at radius 3 is 2.42 bits per heavy atom. The number of fused-ring (bicyclic) bond motifs is 1. The number of phosphoric acid groups is 1. The minimum atomic E-state index is -4.82. The summed E-state index contributed by atoms with van der Waals surface area (Å²) in [6.07, 6.45) is 0. The van der Waals surface area contributed by atoms with E-state index in [0.29, 0.717) is 5.56 Å². The van der Waals surface area contributed by atoms with E-state index in [1.807, 2.05) is 0 Å². The summed E-state index contributed by atoms with van der Waals surface area (Å²) in [5, 5.41) is 29.2. The first-order chi connectivity index (χ1) is 12.1. The highest BCUT2D eigenvalue weighted by atomic mass is 31.2. The van der Waals surface area contributed by atoms with Gasteiger partial charge in [0.05, 0.1) is 0 Å². The van der Waals surface area contributed by atoms with E-state index in [4.69, 9.17) is 14.2 Å². The number of aromatic hydroxyl groups is 3. The maximum Gasteiger partial charge on any atom is 0.524 e. The first-order valence-corrected chi connectivity index (χ1v) is 8.68. The summed E-state index contributed by atoms with van der Waals surface area (Å²) < 4.78 is 21.1. The van der Waals surface area contributed by atoms with Crippen molar-refractivity contribution in [1.29, 1.82) is 0 Å². The quantitative estimate of drug-likeness (QED) is 0.430. The summed E-state index contributed by atoms with van der Waals surface area (Å²) in [7, 11) is -4.82. The predicted octanol–water partition coefficient (Wildman–Crippen LogP) is 2.36. The molecule has 0 aliphatic heterocycles. The molecule has 0 unspecified atom stereocenters. The third-order valence-corrected chi connectivity index (χ3v) is 4.04. The molecule has 0 radical (unpaired) electrons. The maximum atomic E-state index is 12.3. The summed E-state index contributed by atoms with van der Waals surface area (Å²) in [6, 6.07) is 6.08. The molecule has 1 aromatic heterocycles. The zero-order chi connectivity index (χ0) is 19.2. The normalized spacial score (nSPS) is 11.7. The lowest BCUT2D eigenvalue weighted by atomic mass is 10.1. The topological polar surface area (TPSA) is 158 Å². The number of rotatable bonds is 3. The molecule has 26 heavy (non-hydrogen) atoms. The van der Waals surface area contributed by atoms with E-state index in [0.717, 1.165) is 12.1 Å². The van der Waals surface area contributed by atoms with Crippen LogP contribution in [0.15, 0.2) is 39.5 Å². The zero-order valence-corrected chi connectivity index (χ0v) is 14.1. The number of hydrogen-bond donors (Lipinski definition) is 5. The van der Waals surface area contributed by atoms with Crippen molar-refractivity contribution >= 4 is 18.8 Å².